The molecule has 0 spiro atoms. The minimum Gasteiger partial charge on any atom is -0.491 e. The summed E-state index contributed by atoms with van der Waals surface area (Å²) in [5.41, 5.74) is 1.35. The highest BCUT2D eigenvalue weighted by Crippen LogP contribution is 2.57. The van der Waals surface area contributed by atoms with Crippen LogP contribution in [-0.2, 0) is 9.59 Å². The summed E-state index contributed by atoms with van der Waals surface area (Å²) in [5.74, 6) is -0.631. The smallest absolute Gasteiger partial charge is 0.241 e. The second-order valence-electron chi connectivity index (χ2n) is 7.84. The van der Waals surface area contributed by atoms with E-state index in [9.17, 15) is 14.7 Å². The predicted octanol–water partition coefficient (Wildman–Crippen LogP) is 3.85. The molecule has 3 atom stereocenters. The Morgan fingerprint density at radius 2 is 1.87 bits per heavy atom. The minimum absolute atomic E-state index is 0.109. The van der Waals surface area contributed by atoms with Crippen LogP contribution in [0.4, 0.5) is 5.69 Å². The van der Waals surface area contributed by atoms with Gasteiger partial charge in [-0.15, -0.1) is 0 Å². The van der Waals surface area contributed by atoms with Crippen molar-refractivity contribution in [2.24, 2.45) is 11.3 Å². The molecule has 5 nitrogen and oxygen atoms in total. The molecule has 5 heteroatoms. The summed E-state index contributed by atoms with van der Waals surface area (Å²) in [7, 11) is 0. The van der Waals surface area contributed by atoms with Gasteiger partial charge in [-0.3, -0.25) is 9.59 Å². The molecule has 2 aliphatic rings. The van der Waals surface area contributed by atoms with Crippen molar-refractivity contribution in [2.45, 2.75) is 19.3 Å². The van der Waals surface area contributed by atoms with Crippen molar-refractivity contribution in [1.29, 1.82) is 0 Å². The predicted molar refractivity (Wildman–Crippen MR) is 115 cm³/mol. The highest BCUT2D eigenvalue weighted by molar-refractivity contribution is 6.24. The molecule has 154 valence electrons. The highest BCUT2D eigenvalue weighted by atomic mass is 16.5. The zero-order chi connectivity index (χ0) is 21.3. The lowest BCUT2D eigenvalue weighted by molar-refractivity contribution is -0.127. The van der Waals surface area contributed by atoms with Crippen LogP contribution in [0.15, 0.2) is 78.9 Å². The molecular weight excluding hydrogens is 378 g/mol. The van der Waals surface area contributed by atoms with Gasteiger partial charge in [0, 0.05) is 11.5 Å². The number of hydrogen-bond acceptors (Lipinski definition) is 4. The third-order valence-electron chi connectivity index (χ3n) is 6.26. The van der Waals surface area contributed by atoms with E-state index >= 15 is 0 Å². The normalized spacial score (nSPS) is 25.7. The monoisotopic (exact) mass is 403 g/mol. The highest BCUT2D eigenvalue weighted by Gasteiger charge is 2.62. The Morgan fingerprint density at radius 1 is 1.17 bits per heavy atom. The van der Waals surface area contributed by atoms with Gasteiger partial charge in [-0.25, -0.2) is 4.90 Å². The average molecular weight is 403 g/mol. The van der Waals surface area contributed by atoms with Crippen LogP contribution >= 0.6 is 0 Å². The Balaban J connectivity index is 1.86. The van der Waals surface area contributed by atoms with Gasteiger partial charge in [0.2, 0.25) is 11.8 Å². The molecule has 1 fully saturated rings. The fourth-order valence-corrected chi connectivity index (χ4v) is 4.82. The zero-order valence-electron chi connectivity index (χ0n) is 17.0. The van der Waals surface area contributed by atoms with E-state index in [0.717, 1.165) is 11.1 Å². The first-order valence-corrected chi connectivity index (χ1v) is 10.1. The second kappa shape index (κ2) is 7.92. The lowest BCUT2D eigenvalue weighted by Gasteiger charge is -2.40. The van der Waals surface area contributed by atoms with Crippen LogP contribution < -0.4 is 9.64 Å². The summed E-state index contributed by atoms with van der Waals surface area (Å²) >= 11 is 0. The summed E-state index contributed by atoms with van der Waals surface area (Å²) in [6, 6.07) is 16.6. The van der Waals surface area contributed by atoms with E-state index in [1.807, 2.05) is 55.5 Å². The van der Waals surface area contributed by atoms with E-state index in [0.29, 0.717) is 17.9 Å². The van der Waals surface area contributed by atoms with E-state index in [-0.39, 0.29) is 30.9 Å². The number of aliphatic hydroxyl groups excluding tert-OH is 1. The van der Waals surface area contributed by atoms with Crippen molar-refractivity contribution in [2.75, 3.05) is 18.1 Å². The first kappa shape index (κ1) is 20.1. The van der Waals surface area contributed by atoms with Crippen molar-refractivity contribution < 1.29 is 19.4 Å². The van der Waals surface area contributed by atoms with E-state index in [1.165, 1.54) is 4.90 Å². The van der Waals surface area contributed by atoms with Gasteiger partial charge in [0.1, 0.15) is 12.4 Å². The van der Waals surface area contributed by atoms with E-state index in [4.69, 9.17) is 4.74 Å². The number of hydrogen-bond donors (Lipinski definition) is 1. The van der Waals surface area contributed by atoms with Gasteiger partial charge in [0.25, 0.3) is 0 Å². The number of fused-ring (bicyclic) bond motifs is 1. The van der Waals surface area contributed by atoms with Crippen LogP contribution in [0.2, 0.25) is 0 Å². The first-order chi connectivity index (χ1) is 14.5. The number of rotatable bonds is 6. The molecule has 1 aliphatic heterocycles. The first-order valence-electron chi connectivity index (χ1n) is 10.1. The van der Waals surface area contributed by atoms with Crippen molar-refractivity contribution in [3.63, 3.8) is 0 Å². The molecule has 0 unspecified atom stereocenters. The zero-order valence-corrected chi connectivity index (χ0v) is 17.0. The minimum atomic E-state index is -0.968. The van der Waals surface area contributed by atoms with Gasteiger partial charge in [-0.2, -0.15) is 0 Å². The Labute approximate surface area is 176 Å². The molecular formula is C25H25NO4. The largest absolute Gasteiger partial charge is 0.491 e. The van der Waals surface area contributed by atoms with Gasteiger partial charge in [-0.05, 0) is 37.1 Å². The summed E-state index contributed by atoms with van der Waals surface area (Å²) in [6.07, 6.45) is 4.26. The summed E-state index contributed by atoms with van der Waals surface area (Å²) < 4.78 is 5.78. The third kappa shape index (κ3) is 2.97. The molecule has 0 saturated carbocycles. The van der Waals surface area contributed by atoms with E-state index in [1.54, 1.807) is 18.2 Å². The van der Waals surface area contributed by atoms with Gasteiger partial charge in [0.05, 0.1) is 23.6 Å². The van der Waals surface area contributed by atoms with Crippen LogP contribution in [-0.4, -0.2) is 30.1 Å². The number of carbonyl (C=O) groups is 2. The topological polar surface area (TPSA) is 66.8 Å². The van der Waals surface area contributed by atoms with Crippen molar-refractivity contribution in [3.05, 3.63) is 84.5 Å². The molecule has 2 aromatic carbocycles. The number of imide groups is 1. The van der Waals surface area contributed by atoms with Gasteiger partial charge < -0.3 is 9.84 Å². The maximum absolute atomic E-state index is 13.8. The molecule has 1 N–H and O–H groups in total. The molecule has 4 rings (SSSR count). The quantitative estimate of drug-likeness (QED) is 0.744. The van der Waals surface area contributed by atoms with Crippen LogP contribution in [0.1, 0.15) is 24.8 Å². The number of para-hydroxylation sites is 2. The lowest BCUT2D eigenvalue weighted by Crippen LogP contribution is -2.41. The molecule has 2 amide bonds. The number of allylic oxidation sites excluding steroid dienone is 3. The average Bonchev–Trinajstić information content (AvgIpc) is 2.97. The SMILES string of the molecule is C=CC1=CC[C@H]2C(=O)N(c3ccccc3)C(=O)[C@@]2(C)[C@H]1c1ccccc1OCCO. The summed E-state index contributed by atoms with van der Waals surface area (Å²) in [6.45, 7) is 5.88. The second-order valence-corrected chi connectivity index (χ2v) is 7.84. The van der Waals surface area contributed by atoms with E-state index < -0.39 is 11.3 Å². The van der Waals surface area contributed by atoms with Crippen molar-refractivity contribution in [3.8, 4) is 5.75 Å². The molecule has 0 aromatic heterocycles. The molecule has 1 heterocycles. The Kier molecular flexibility index (Phi) is 5.31. The van der Waals surface area contributed by atoms with Crippen LogP contribution in [0.25, 0.3) is 0 Å². The molecule has 30 heavy (non-hydrogen) atoms. The Hall–Kier alpha value is -3.18. The Morgan fingerprint density at radius 3 is 2.57 bits per heavy atom. The number of benzene rings is 2. The van der Waals surface area contributed by atoms with Crippen LogP contribution in [0, 0.1) is 11.3 Å². The van der Waals surface area contributed by atoms with E-state index in [2.05, 4.69) is 6.58 Å². The summed E-state index contributed by atoms with van der Waals surface area (Å²) in [5, 5.41) is 9.21. The standard InChI is InChI=1S/C25H25NO4/c1-3-17-13-14-20-23(28)26(18-9-5-4-6-10-18)24(29)25(20,2)22(17)19-11-7-8-12-21(19)30-16-15-27/h3-13,20,22,27H,1,14-16H2,2H3/t20-,22+,25+/m0/s1. The fourth-order valence-electron chi connectivity index (χ4n) is 4.82. The maximum Gasteiger partial charge on any atom is 0.241 e. The van der Waals surface area contributed by atoms with Gasteiger partial charge in [-0.1, -0.05) is 55.1 Å². The molecule has 1 saturated heterocycles. The number of anilines is 1. The maximum atomic E-state index is 13.8. The number of nitrogens with zero attached hydrogens (tertiary/aromatic N) is 1. The third-order valence-corrected chi connectivity index (χ3v) is 6.26. The number of amides is 2. The van der Waals surface area contributed by atoms with Gasteiger partial charge in [0.15, 0.2) is 0 Å². The van der Waals surface area contributed by atoms with Gasteiger partial charge >= 0.3 is 0 Å². The lowest BCUT2D eigenvalue weighted by atomic mass is 9.60. The molecule has 2 aromatic rings. The number of aliphatic hydroxyl groups is 1. The van der Waals surface area contributed by atoms with Crippen molar-refractivity contribution >= 4 is 17.5 Å². The number of carbonyl (C=O) groups excluding carboxylic acids is 2. The Bertz CT molecular complexity index is 1010. The molecule has 0 bridgehead atoms. The van der Waals surface area contributed by atoms with Crippen molar-refractivity contribution in [1.82, 2.24) is 0 Å². The van der Waals surface area contributed by atoms with Crippen LogP contribution in [0.3, 0.4) is 0 Å². The molecule has 1 aliphatic carbocycles. The summed E-state index contributed by atoms with van der Waals surface area (Å²) in [4.78, 5) is 28.5. The fraction of sp³-hybridized carbons (Fsp3) is 0.280. The van der Waals surface area contributed by atoms with Crippen LogP contribution in [0.5, 0.6) is 5.75 Å². The molecule has 0 radical (unpaired) electrons. The number of ether oxygens (including phenoxy) is 1.